The first-order valence-electron chi connectivity index (χ1n) is 16.3. The molecule has 0 radical (unpaired) electrons. The number of methoxy groups -OCH3 is 2. The Labute approximate surface area is 289 Å². The maximum atomic E-state index is 12.0. The summed E-state index contributed by atoms with van der Waals surface area (Å²) in [6, 6.07) is 0. The van der Waals surface area contributed by atoms with Crippen LogP contribution < -0.4 is 9.80 Å². The number of thiazole rings is 2. The van der Waals surface area contributed by atoms with Gasteiger partial charge in [-0.15, -0.1) is 0 Å². The van der Waals surface area contributed by atoms with Crippen LogP contribution in [-0.4, -0.2) is 139 Å². The smallest absolute Gasteiger partial charge is 0.356 e. The number of aromatic nitrogens is 6. The number of carbonyl (C=O) groups excluding carboxylic acids is 2. The lowest BCUT2D eigenvalue weighted by atomic mass is 10.3. The number of esters is 2. The molecule has 0 aromatic carbocycles. The molecule has 2 aliphatic rings. The molecule has 1 N–H and O–H groups in total. The van der Waals surface area contributed by atoms with Crippen molar-refractivity contribution in [3.8, 4) is 21.4 Å². The third kappa shape index (κ3) is 9.15. The van der Waals surface area contributed by atoms with Gasteiger partial charge in [-0.25, -0.2) is 29.5 Å². The molecule has 4 aromatic rings. The van der Waals surface area contributed by atoms with E-state index in [1.807, 2.05) is 10.8 Å². The molecule has 0 atom stereocenters. The highest BCUT2D eigenvalue weighted by Gasteiger charge is 2.22. The third-order valence-electron chi connectivity index (χ3n) is 7.95. The molecule has 2 fully saturated rings. The highest BCUT2D eigenvalue weighted by molar-refractivity contribution is 7.19. The quantitative estimate of drug-likeness (QED) is 0.252. The van der Waals surface area contributed by atoms with Gasteiger partial charge in [0.2, 0.25) is 0 Å². The number of nitrogens with one attached hydrogen (secondary N) is 1. The first-order valence-corrected chi connectivity index (χ1v) is 17.3. The topological polar surface area (TPSA) is 138 Å². The Bertz CT molecular complexity index is 1610. The number of likely N-dealkylation sites (N-methyl/N-ethyl adjacent to an activating group) is 2. The van der Waals surface area contributed by atoms with Gasteiger partial charge in [-0.1, -0.05) is 36.0 Å². The molecule has 0 spiro atoms. The van der Waals surface area contributed by atoms with Gasteiger partial charge < -0.3 is 38.6 Å². The number of aromatic amines is 1. The monoisotopic (exact) mass is 705 g/mol. The summed E-state index contributed by atoms with van der Waals surface area (Å²) >= 11 is 3.21. The number of carbonyl (C=O) groups is 2. The lowest BCUT2D eigenvalue weighted by Crippen LogP contribution is -2.44. The van der Waals surface area contributed by atoms with Crippen LogP contribution in [0.2, 0.25) is 0 Å². The summed E-state index contributed by atoms with van der Waals surface area (Å²) in [6.07, 6.45) is 8.77. The van der Waals surface area contributed by atoms with Gasteiger partial charge in [-0.3, -0.25) is 4.39 Å². The summed E-state index contributed by atoms with van der Waals surface area (Å²) in [4.78, 5) is 55.3. The molecule has 14 nitrogen and oxygen atoms in total. The number of imidazole rings is 2. The number of piperazine rings is 2. The summed E-state index contributed by atoms with van der Waals surface area (Å²) in [5.41, 5.74) is 0.850. The Balaban J connectivity index is 0.000000207. The number of H-pyrrole nitrogens is 1. The number of nitrogens with zero attached hydrogens (tertiary/aromatic N) is 9. The van der Waals surface area contributed by atoms with E-state index in [4.69, 9.17) is 6.11 Å². The van der Waals surface area contributed by atoms with Crippen LogP contribution in [0.25, 0.3) is 21.4 Å². The molecule has 17 heteroatoms. The Morgan fingerprint density at radius 2 is 1.38 bits per heavy atom. The predicted octanol–water partition coefficient (Wildman–Crippen LogP) is 4.00. The van der Waals surface area contributed by atoms with E-state index in [9.17, 15) is 14.0 Å². The largest absolute Gasteiger partial charge is 0.464 e. The van der Waals surface area contributed by atoms with Crippen molar-refractivity contribution in [1.29, 1.82) is 0 Å². The molecule has 0 amide bonds. The second-order valence-corrected chi connectivity index (χ2v) is 13.2. The van der Waals surface area contributed by atoms with Crippen molar-refractivity contribution in [2.45, 2.75) is 26.3 Å². The molecule has 4 aromatic heterocycles. The number of alkyl halides is 1. The zero-order chi connectivity index (χ0) is 35.3. The van der Waals surface area contributed by atoms with E-state index in [0.717, 1.165) is 97.6 Å². The van der Waals surface area contributed by atoms with E-state index in [0.29, 0.717) is 17.2 Å². The highest BCUT2D eigenvalue weighted by Crippen LogP contribution is 2.32. The first kappa shape index (κ1) is 35.4. The average molecular weight is 706 g/mol. The van der Waals surface area contributed by atoms with Crippen LogP contribution >= 0.6 is 22.7 Å². The molecule has 6 heterocycles. The minimum Gasteiger partial charge on any atom is -0.464 e. The van der Waals surface area contributed by atoms with Gasteiger partial charge in [-0.2, -0.15) is 0 Å². The summed E-state index contributed by atoms with van der Waals surface area (Å²) in [5, 5.41) is 2.02. The van der Waals surface area contributed by atoms with E-state index < -0.39 is 13.1 Å². The lowest BCUT2D eigenvalue weighted by molar-refractivity contribution is 0.0582. The molecular formula is C31H45FN10O4S2. The fraction of sp³-hybridized carbons (Fsp3) is 0.548. The van der Waals surface area contributed by atoms with Crippen LogP contribution in [0, 0.1) is 0 Å². The first-order chi connectivity index (χ1) is 23.7. The molecule has 0 bridgehead atoms. The van der Waals surface area contributed by atoms with Crippen molar-refractivity contribution < 1.29 is 24.8 Å². The number of halogens is 1. The second-order valence-electron chi connectivity index (χ2n) is 11.2. The lowest BCUT2D eigenvalue weighted by Gasteiger charge is -2.32. The fourth-order valence-corrected chi connectivity index (χ4v) is 6.97. The Morgan fingerprint density at radius 1 is 0.833 bits per heavy atom. The van der Waals surface area contributed by atoms with Crippen LogP contribution in [0.5, 0.6) is 0 Å². The number of hydrogen-bond donors (Lipinski definition) is 1. The molecular weight excluding hydrogens is 660 g/mol. The van der Waals surface area contributed by atoms with Gasteiger partial charge in [0.25, 0.3) is 0 Å². The van der Waals surface area contributed by atoms with Gasteiger partial charge in [0.15, 0.2) is 16.1 Å². The minimum atomic E-state index is -1.00. The summed E-state index contributed by atoms with van der Waals surface area (Å²) in [5.74, 6) is 0.677. The van der Waals surface area contributed by atoms with Crippen molar-refractivity contribution in [1.82, 2.24) is 39.3 Å². The standard InChI is InChI=1S/C17H25N5O2S.C13H17N5O2S.CH3F/c1-4-5-6-22-13(16(23)24-3)11-18-15(22)14-12-19-17(25-14)21-9-7-20(2)8-10-21;1-17-3-5-18(6-4-17)13-15-8-10(21-13)11-14-7-9(16-11)12(19)20-2;1-2/h11-12H,4-10H2,1-3H3;7-8H,3-6H2,1-2H3,(H,14,16);1H3/i;;1D. The van der Waals surface area contributed by atoms with E-state index in [1.54, 1.807) is 35.1 Å². The van der Waals surface area contributed by atoms with Crippen molar-refractivity contribution in [2.24, 2.45) is 0 Å². The number of ether oxygens (including phenoxy) is 2. The summed E-state index contributed by atoms with van der Waals surface area (Å²) < 4.78 is 27.0. The molecule has 6 rings (SSSR count). The van der Waals surface area contributed by atoms with Gasteiger partial charge in [0.1, 0.15) is 17.2 Å². The van der Waals surface area contributed by atoms with Crippen molar-refractivity contribution >= 4 is 44.9 Å². The zero-order valence-electron chi connectivity index (χ0n) is 29.1. The molecule has 48 heavy (non-hydrogen) atoms. The van der Waals surface area contributed by atoms with Gasteiger partial charge in [-0.05, 0) is 20.5 Å². The summed E-state index contributed by atoms with van der Waals surface area (Å²) in [7, 11) is 6.02. The molecule has 2 saturated heterocycles. The maximum Gasteiger partial charge on any atom is 0.356 e. The van der Waals surface area contributed by atoms with Gasteiger partial charge in [0.05, 0.1) is 57.3 Å². The van der Waals surface area contributed by atoms with E-state index in [2.05, 4.69) is 70.3 Å². The van der Waals surface area contributed by atoms with Crippen LogP contribution in [0.3, 0.4) is 0 Å². The molecule has 0 saturated carbocycles. The number of rotatable bonds is 9. The number of unbranched alkanes of at least 4 members (excludes halogenated alkanes) is 1. The van der Waals surface area contributed by atoms with Crippen LogP contribution in [0.4, 0.5) is 14.7 Å². The Hall–Kier alpha value is -3.93. The second kappa shape index (κ2) is 18.0. The van der Waals surface area contributed by atoms with Crippen molar-refractivity contribution in [3.05, 3.63) is 36.2 Å². The zero-order valence-corrected chi connectivity index (χ0v) is 29.8. The minimum absolute atomic E-state index is 0.348. The van der Waals surface area contributed by atoms with Crippen LogP contribution in [-0.2, 0) is 16.0 Å². The number of hydrogen-bond acceptors (Lipinski definition) is 14. The fourth-order valence-electron chi connectivity index (χ4n) is 5.07. The number of anilines is 2. The van der Waals surface area contributed by atoms with E-state index >= 15 is 0 Å². The normalized spacial score (nSPS) is 15.6. The van der Waals surface area contributed by atoms with E-state index in [1.165, 1.54) is 20.4 Å². The van der Waals surface area contributed by atoms with Crippen LogP contribution in [0.15, 0.2) is 24.8 Å². The SMILES string of the molecule is CCCCn1c(C(=O)OC)cnc1-c1cnc(N2CCN(C)CC2)s1.COC(=O)c1cnc(-c2cnc(N3CCN(C)CC3)s2)[nH]1.[2H]CF. The van der Waals surface area contributed by atoms with Crippen molar-refractivity contribution in [3.63, 3.8) is 0 Å². The van der Waals surface area contributed by atoms with Crippen molar-refractivity contribution in [2.75, 3.05) is 97.6 Å². The van der Waals surface area contributed by atoms with E-state index in [-0.39, 0.29) is 5.97 Å². The van der Waals surface area contributed by atoms with Gasteiger partial charge >= 0.3 is 11.9 Å². The summed E-state index contributed by atoms with van der Waals surface area (Å²) in [6.45, 7) is 11.0. The molecule has 2 aliphatic heterocycles. The Kier molecular flexibility index (Phi) is 13.3. The predicted molar refractivity (Wildman–Crippen MR) is 187 cm³/mol. The molecule has 262 valence electrons. The molecule has 0 aliphatic carbocycles. The maximum absolute atomic E-state index is 12.0. The third-order valence-corrected chi connectivity index (χ3v) is 10.1. The average Bonchev–Trinajstić information content (AvgIpc) is 3.94. The highest BCUT2D eigenvalue weighted by atomic mass is 32.1. The van der Waals surface area contributed by atoms with Crippen LogP contribution in [0.1, 0.15) is 42.1 Å². The molecule has 0 unspecified atom stereocenters. The van der Waals surface area contributed by atoms with Gasteiger partial charge in [0, 0.05) is 58.9 Å². The Morgan fingerprint density at radius 3 is 1.92 bits per heavy atom.